The molecule has 0 unspecified atom stereocenters. The van der Waals surface area contributed by atoms with Crippen molar-refractivity contribution in [2.24, 2.45) is 5.73 Å². The van der Waals surface area contributed by atoms with Crippen LogP contribution in [0.5, 0.6) is 0 Å². The van der Waals surface area contributed by atoms with Crippen LogP contribution in [0.25, 0.3) is 11.4 Å². The molecule has 2 aromatic rings. The van der Waals surface area contributed by atoms with E-state index < -0.39 is 5.91 Å². The van der Waals surface area contributed by atoms with E-state index in [0.717, 1.165) is 0 Å². The number of primary amides is 1. The molecule has 0 atom stereocenters. The fraction of sp³-hybridized carbons (Fsp3) is 0.250. The highest BCUT2D eigenvalue weighted by Crippen LogP contribution is 2.24. The number of aromatic nitrogens is 4. The molecule has 8 nitrogen and oxygen atoms in total. The van der Waals surface area contributed by atoms with E-state index in [1.807, 2.05) is 13.8 Å². The van der Waals surface area contributed by atoms with Gasteiger partial charge in [0.2, 0.25) is 0 Å². The van der Waals surface area contributed by atoms with Gasteiger partial charge in [0, 0.05) is 6.07 Å². The highest BCUT2D eigenvalue weighted by atomic mass is 35.5. The number of rotatable bonds is 3. The monoisotopic (exact) mass is 308 g/mol. The molecule has 0 aliphatic carbocycles. The molecule has 2 rings (SSSR count). The number of nitrogens with two attached hydrogens (primary N) is 2. The smallest absolute Gasteiger partial charge is 0.271 e. The van der Waals surface area contributed by atoms with E-state index in [1.54, 1.807) is 0 Å². The Morgan fingerprint density at radius 1 is 1.33 bits per heavy atom. The molecule has 4 N–H and O–H groups in total. The lowest BCUT2D eigenvalue weighted by Crippen LogP contribution is -2.24. The van der Waals surface area contributed by atoms with Crippen LogP contribution in [0.15, 0.2) is 16.9 Å². The average Bonchev–Trinajstić information content (AvgIpc) is 2.39. The minimum atomic E-state index is -0.824. The number of nitrogens with zero attached hydrogens (tertiary/aromatic N) is 4. The Morgan fingerprint density at radius 3 is 2.57 bits per heavy atom. The molecule has 0 saturated heterocycles. The third-order valence-corrected chi connectivity index (χ3v) is 2.93. The summed E-state index contributed by atoms with van der Waals surface area (Å²) in [6.45, 7) is 3.62. The van der Waals surface area contributed by atoms with Gasteiger partial charge in [0.1, 0.15) is 11.4 Å². The van der Waals surface area contributed by atoms with Gasteiger partial charge in [-0.2, -0.15) is 5.10 Å². The summed E-state index contributed by atoms with van der Waals surface area (Å²) in [6.07, 6.45) is 0. The van der Waals surface area contributed by atoms with E-state index in [0.29, 0.717) is 5.69 Å². The van der Waals surface area contributed by atoms with Crippen LogP contribution >= 0.6 is 11.6 Å². The number of nitrogen functional groups attached to an aromatic ring is 1. The number of hydrogen-bond donors (Lipinski definition) is 2. The van der Waals surface area contributed by atoms with Crippen LogP contribution < -0.4 is 17.0 Å². The molecule has 1 amide bonds. The van der Waals surface area contributed by atoms with Gasteiger partial charge in [0.15, 0.2) is 16.7 Å². The highest BCUT2D eigenvalue weighted by molar-refractivity contribution is 6.32. The molecule has 0 saturated carbocycles. The summed E-state index contributed by atoms with van der Waals surface area (Å²) < 4.78 is 1.27. The predicted octanol–water partition coefficient (Wildman–Crippen LogP) is 0.616. The van der Waals surface area contributed by atoms with E-state index >= 15 is 0 Å². The Morgan fingerprint density at radius 2 is 2.00 bits per heavy atom. The van der Waals surface area contributed by atoms with Crippen molar-refractivity contribution in [1.29, 1.82) is 0 Å². The molecule has 0 fully saturated rings. The first-order valence-electron chi connectivity index (χ1n) is 6.04. The summed E-state index contributed by atoms with van der Waals surface area (Å²) in [5.41, 5.74) is 10.7. The van der Waals surface area contributed by atoms with Crippen LogP contribution in [-0.4, -0.2) is 25.7 Å². The van der Waals surface area contributed by atoms with Crippen molar-refractivity contribution < 1.29 is 4.79 Å². The largest absolute Gasteiger partial charge is 0.382 e. The molecule has 0 spiro atoms. The van der Waals surface area contributed by atoms with E-state index in [2.05, 4.69) is 15.1 Å². The zero-order valence-electron chi connectivity index (χ0n) is 11.4. The predicted molar refractivity (Wildman–Crippen MR) is 77.8 cm³/mol. The van der Waals surface area contributed by atoms with Gasteiger partial charge in [0.05, 0.1) is 6.04 Å². The third-order valence-electron chi connectivity index (χ3n) is 2.67. The van der Waals surface area contributed by atoms with Crippen LogP contribution in [0.2, 0.25) is 5.15 Å². The third kappa shape index (κ3) is 2.84. The molecule has 2 heterocycles. The van der Waals surface area contributed by atoms with Gasteiger partial charge in [0.25, 0.3) is 11.5 Å². The van der Waals surface area contributed by atoms with Crippen molar-refractivity contribution >= 4 is 23.3 Å². The fourth-order valence-corrected chi connectivity index (χ4v) is 1.92. The lowest BCUT2D eigenvalue weighted by Gasteiger charge is -2.11. The molecule has 0 aromatic carbocycles. The molecule has 0 radical (unpaired) electrons. The van der Waals surface area contributed by atoms with E-state index in [-0.39, 0.29) is 34.0 Å². The number of halogens is 1. The van der Waals surface area contributed by atoms with Gasteiger partial charge in [-0.1, -0.05) is 11.6 Å². The van der Waals surface area contributed by atoms with E-state index in [1.165, 1.54) is 16.8 Å². The van der Waals surface area contributed by atoms with Crippen molar-refractivity contribution in [3.63, 3.8) is 0 Å². The second-order valence-electron chi connectivity index (χ2n) is 4.56. The number of hydrogen-bond acceptors (Lipinski definition) is 6. The summed E-state index contributed by atoms with van der Waals surface area (Å²) in [5, 5.41) is 4.13. The molecule has 0 aliphatic rings. The zero-order chi connectivity index (χ0) is 15.7. The first-order valence-corrected chi connectivity index (χ1v) is 6.42. The standard InChI is InChI=1S/C12H13ClN6O2/c1-5(2)19-7(20)4-3-6(18-19)8-10(13)17-11(14)9(16-8)12(15)21/h3-5H,1-2H3,(H2,14,17)(H2,15,21). The summed E-state index contributed by atoms with van der Waals surface area (Å²) in [5.74, 6) is -0.983. The average molecular weight is 309 g/mol. The van der Waals surface area contributed by atoms with Crippen molar-refractivity contribution in [3.8, 4) is 11.4 Å². The first-order chi connectivity index (χ1) is 9.81. The highest BCUT2D eigenvalue weighted by Gasteiger charge is 2.17. The number of anilines is 1. The summed E-state index contributed by atoms with van der Waals surface area (Å²) in [6, 6.07) is 2.63. The summed E-state index contributed by atoms with van der Waals surface area (Å²) in [7, 11) is 0. The van der Waals surface area contributed by atoms with Crippen molar-refractivity contribution in [1.82, 2.24) is 19.7 Å². The first kappa shape index (κ1) is 14.9. The summed E-state index contributed by atoms with van der Waals surface area (Å²) >= 11 is 5.98. The SMILES string of the molecule is CC(C)n1nc(-c2nc(C(N)=O)c(N)nc2Cl)ccc1=O. The molecule has 110 valence electrons. The molecular formula is C12H13ClN6O2. The number of carbonyl (C=O) groups excluding carboxylic acids is 1. The Labute approximate surface area is 124 Å². The maximum absolute atomic E-state index is 11.7. The molecular weight excluding hydrogens is 296 g/mol. The van der Waals surface area contributed by atoms with Crippen LogP contribution in [-0.2, 0) is 0 Å². The van der Waals surface area contributed by atoms with Crippen LogP contribution in [0.4, 0.5) is 5.82 Å². The number of carbonyl (C=O) groups is 1. The van der Waals surface area contributed by atoms with Gasteiger partial charge in [-0.25, -0.2) is 14.6 Å². The van der Waals surface area contributed by atoms with Gasteiger partial charge in [-0.05, 0) is 19.9 Å². The molecule has 21 heavy (non-hydrogen) atoms. The molecule has 9 heteroatoms. The maximum atomic E-state index is 11.7. The lowest BCUT2D eigenvalue weighted by molar-refractivity contribution is 0.0996. The molecule has 0 bridgehead atoms. The molecule has 0 aliphatic heterocycles. The number of amides is 1. The fourth-order valence-electron chi connectivity index (χ4n) is 1.69. The Kier molecular flexibility index (Phi) is 3.90. The lowest BCUT2D eigenvalue weighted by atomic mass is 10.2. The van der Waals surface area contributed by atoms with Crippen molar-refractivity contribution in [2.45, 2.75) is 19.9 Å². The quantitative estimate of drug-likeness (QED) is 0.854. The Balaban J connectivity index is 2.67. The second-order valence-corrected chi connectivity index (χ2v) is 4.91. The molecule has 2 aromatic heterocycles. The minimum Gasteiger partial charge on any atom is -0.382 e. The minimum absolute atomic E-state index is 0.0287. The van der Waals surface area contributed by atoms with Crippen LogP contribution in [0.1, 0.15) is 30.4 Å². The van der Waals surface area contributed by atoms with Crippen molar-refractivity contribution in [2.75, 3.05) is 5.73 Å². The Hall–Kier alpha value is -2.48. The van der Waals surface area contributed by atoms with Gasteiger partial charge in [-0.3, -0.25) is 9.59 Å². The summed E-state index contributed by atoms with van der Waals surface area (Å²) in [4.78, 5) is 30.8. The van der Waals surface area contributed by atoms with E-state index in [9.17, 15) is 9.59 Å². The van der Waals surface area contributed by atoms with Crippen LogP contribution in [0.3, 0.4) is 0 Å². The van der Waals surface area contributed by atoms with Gasteiger partial charge in [-0.15, -0.1) is 0 Å². The van der Waals surface area contributed by atoms with Gasteiger partial charge < -0.3 is 11.5 Å². The van der Waals surface area contributed by atoms with Crippen molar-refractivity contribution in [3.05, 3.63) is 33.3 Å². The van der Waals surface area contributed by atoms with Gasteiger partial charge >= 0.3 is 0 Å². The topological polar surface area (TPSA) is 130 Å². The normalized spacial score (nSPS) is 10.9. The Bertz CT molecular complexity index is 771. The maximum Gasteiger partial charge on any atom is 0.271 e. The van der Waals surface area contributed by atoms with E-state index in [4.69, 9.17) is 23.1 Å². The second kappa shape index (κ2) is 5.49. The van der Waals surface area contributed by atoms with Crippen LogP contribution in [0, 0.1) is 0 Å². The zero-order valence-corrected chi connectivity index (χ0v) is 12.1.